The van der Waals surface area contributed by atoms with Crippen molar-refractivity contribution in [3.05, 3.63) is 83.9 Å². The first kappa shape index (κ1) is 23.3. The predicted molar refractivity (Wildman–Crippen MR) is 131 cm³/mol. The Morgan fingerprint density at radius 1 is 0.900 bits per heavy atom. The summed E-state index contributed by atoms with van der Waals surface area (Å²) in [6.07, 6.45) is 0. The SMILES string of the molecule is COc1ccc(OC)c(NC(N)=NCc2ccccc2OCc2ccccc2)c1.I. The van der Waals surface area contributed by atoms with Gasteiger partial charge in [0.15, 0.2) is 5.96 Å². The van der Waals surface area contributed by atoms with Gasteiger partial charge in [-0.1, -0.05) is 48.5 Å². The van der Waals surface area contributed by atoms with Crippen LogP contribution in [0.1, 0.15) is 11.1 Å². The van der Waals surface area contributed by atoms with Gasteiger partial charge in [-0.15, -0.1) is 24.0 Å². The summed E-state index contributed by atoms with van der Waals surface area (Å²) < 4.78 is 16.6. The highest BCUT2D eigenvalue weighted by atomic mass is 127. The maximum atomic E-state index is 6.09. The van der Waals surface area contributed by atoms with Crippen molar-refractivity contribution in [3.63, 3.8) is 0 Å². The van der Waals surface area contributed by atoms with Crippen LogP contribution in [0.4, 0.5) is 5.69 Å². The minimum Gasteiger partial charge on any atom is -0.497 e. The number of guanidine groups is 1. The van der Waals surface area contributed by atoms with E-state index in [9.17, 15) is 0 Å². The van der Waals surface area contributed by atoms with E-state index in [-0.39, 0.29) is 29.9 Å². The van der Waals surface area contributed by atoms with E-state index in [2.05, 4.69) is 10.3 Å². The highest BCUT2D eigenvalue weighted by Crippen LogP contribution is 2.28. The summed E-state index contributed by atoms with van der Waals surface area (Å²) in [5.74, 6) is 2.40. The number of nitrogens with two attached hydrogens (primary N) is 1. The molecule has 0 aliphatic heterocycles. The third kappa shape index (κ3) is 6.55. The number of hydrogen-bond acceptors (Lipinski definition) is 4. The van der Waals surface area contributed by atoms with Crippen molar-refractivity contribution in [1.82, 2.24) is 0 Å². The molecule has 0 bridgehead atoms. The van der Waals surface area contributed by atoms with Crippen molar-refractivity contribution in [2.75, 3.05) is 19.5 Å². The van der Waals surface area contributed by atoms with Crippen LogP contribution in [0, 0.1) is 0 Å². The van der Waals surface area contributed by atoms with Crippen molar-refractivity contribution < 1.29 is 14.2 Å². The van der Waals surface area contributed by atoms with Gasteiger partial charge in [-0.05, 0) is 23.8 Å². The lowest BCUT2D eigenvalue weighted by Gasteiger charge is -2.13. The zero-order valence-corrected chi connectivity index (χ0v) is 19.3. The fraction of sp³-hybridized carbons (Fsp3) is 0.174. The normalized spacial score (nSPS) is 10.7. The zero-order valence-electron chi connectivity index (χ0n) is 17.0. The fourth-order valence-electron chi connectivity index (χ4n) is 2.77. The van der Waals surface area contributed by atoms with Crippen LogP contribution >= 0.6 is 24.0 Å². The third-order valence-corrected chi connectivity index (χ3v) is 4.30. The average Bonchev–Trinajstić information content (AvgIpc) is 2.77. The standard InChI is InChI=1S/C23H25N3O3.HI/c1-27-19-12-13-22(28-2)20(14-19)26-23(24)25-15-18-10-6-7-11-21(18)29-16-17-8-4-3-5-9-17;/h3-14H,15-16H2,1-2H3,(H3,24,25,26);1H. The van der Waals surface area contributed by atoms with E-state index in [1.165, 1.54) is 0 Å². The summed E-state index contributed by atoms with van der Waals surface area (Å²) in [6, 6.07) is 23.3. The second kappa shape index (κ2) is 11.9. The second-order valence-electron chi connectivity index (χ2n) is 6.27. The van der Waals surface area contributed by atoms with E-state index in [0.717, 1.165) is 16.9 Å². The maximum Gasteiger partial charge on any atom is 0.193 e. The Morgan fingerprint density at radius 3 is 2.37 bits per heavy atom. The van der Waals surface area contributed by atoms with Gasteiger partial charge in [-0.25, -0.2) is 4.99 Å². The highest BCUT2D eigenvalue weighted by molar-refractivity contribution is 14.0. The van der Waals surface area contributed by atoms with Gasteiger partial charge >= 0.3 is 0 Å². The number of methoxy groups -OCH3 is 2. The van der Waals surface area contributed by atoms with Gasteiger partial charge in [0.25, 0.3) is 0 Å². The molecule has 0 saturated carbocycles. The zero-order chi connectivity index (χ0) is 20.5. The summed E-state index contributed by atoms with van der Waals surface area (Å²) in [5, 5.41) is 3.07. The number of benzene rings is 3. The van der Waals surface area contributed by atoms with Crippen molar-refractivity contribution in [2.24, 2.45) is 10.7 Å². The molecule has 0 aliphatic carbocycles. The first-order valence-electron chi connectivity index (χ1n) is 9.23. The van der Waals surface area contributed by atoms with Gasteiger partial charge in [-0.2, -0.15) is 0 Å². The second-order valence-corrected chi connectivity index (χ2v) is 6.27. The van der Waals surface area contributed by atoms with Crippen molar-refractivity contribution in [1.29, 1.82) is 0 Å². The number of ether oxygens (including phenoxy) is 3. The van der Waals surface area contributed by atoms with Gasteiger partial charge in [0.2, 0.25) is 0 Å². The molecule has 0 spiro atoms. The number of anilines is 1. The van der Waals surface area contributed by atoms with E-state index in [1.54, 1.807) is 26.4 Å². The lowest BCUT2D eigenvalue weighted by atomic mass is 10.2. The molecule has 3 aromatic rings. The quantitative estimate of drug-likeness (QED) is 0.253. The Bertz CT molecular complexity index is 965. The summed E-state index contributed by atoms with van der Waals surface area (Å²) in [5.41, 5.74) is 8.83. The Labute approximate surface area is 194 Å². The lowest BCUT2D eigenvalue weighted by molar-refractivity contribution is 0.303. The highest BCUT2D eigenvalue weighted by Gasteiger charge is 2.07. The lowest BCUT2D eigenvalue weighted by Crippen LogP contribution is -2.23. The molecule has 3 N–H and O–H groups in total. The molecule has 3 rings (SSSR count). The van der Waals surface area contributed by atoms with E-state index >= 15 is 0 Å². The van der Waals surface area contributed by atoms with Crippen LogP contribution in [0.15, 0.2) is 77.8 Å². The molecule has 0 saturated heterocycles. The van der Waals surface area contributed by atoms with Crippen molar-refractivity contribution >= 4 is 35.6 Å². The molecule has 3 aromatic carbocycles. The number of nitrogens with one attached hydrogen (secondary N) is 1. The molecular formula is C23H26IN3O3. The van der Waals surface area contributed by atoms with Crippen LogP contribution in [-0.4, -0.2) is 20.2 Å². The Morgan fingerprint density at radius 2 is 1.63 bits per heavy atom. The molecule has 0 aliphatic rings. The van der Waals surface area contributed by atoms with Gasteiger partial charge in [0.1, 0.15) is 23.9 Å². The van der Waals surface area contributed by atoms with E-state index in [0.29, 0.717) is 30.3 Å². The molecule has 158 valence electrons. The summed E-state index contributed by atoms with van der Waals surface area (Å²) in [7, 11) is 3.20. The average molecular weight is 519 g/mol. The molecule has 6 nitrogen and oxygen atoms in total. The molecule has 0 radical (unpaired) electrons. The summed E-state index contributed by atoms with van der Waals surface area (Å²) in [4.78, 5) is 4.44. The van der Waals surface area contributed by atoms with Crippen LogP contribution in [0.25, 0.3) is 0 Å². The fourth-order valence-corrected chi connectivity index (χ4v) is 2.77. The molecule has 7 heteroatoms. The molecule has 0 unspecified atom stereocenters. The topological polar surface area (TPSA) is 78.1 Å². The predicted octanol–water partition coefficient (Wildman–Crippen LogP) is 4.83. The number of para-hydroxylation sites is 1. The Hall–Kier alpha value is -2.94. The summed E-state index contributed by atoms with van der Waals surface area (Å²) >= 11 is 0. The van der Waals surface area contributed by atoms with Gasteiger partial charge in [0.05, 0.1) is 26.5 Å². The molecule has 0 aromatic heterocycles. The number of aliphatic imine (C=N–C) groups is 1. The number of hydrogen-bond donors (Lipinski definition) is 2. The van der Waals surface area contributed by atoms with E-state index < -0.39 is 0 Å². The molecule has 30 heavy (non-hydrogen) atoms. The molecule has 0 amide bonds. The van der Waals surface area contributed by atoms with Crippen LogP contribution in [0.3, 0.4) is 0 Å². The van der Waals surface area contributed by atoms with Crippen LogP contribution in [-0.2, 0) is 13.2 Å². The van der Waals surface area contributed by atoms with Gasteiger partial charge in [-0.3, -0.25) is 0 Å². The third-order valence-electron chi connectivity index (χ3n) is 4.30. The molecule has 0 atom stereocenters. The van der Waals surface area contributed by atoms with Crippen molar-refractivity contribution in [3.8, 4) is 17.2 Å². The van der Waals surface area contributed by atoms with Crippen molar-refractivity contribution in [2.45, 2.75) is 13.2 Å². The number of halogens is 1. The first-order valence-corrected chi connectivity index (χ1v) is 9.23. The minimum absolute atomic E-state index is 0. The van der Waals surface area contributed by atoms with E-state index in [1.807, 2.05) is 60.7 Å². The van der Waals surface area contributed by atoms with Gasteiger partial charge in [0, 0.05) is 11.6 Å². The van der Waals surface area contributed by atoms with Gasteiger partial charge < -0.3 is 25.3 Å². The number of rotatable bonds is 8. The monoisotopic (exact) mass is 519 g/mol. The molecular weight excluding hydrogens is 493 g/mol. The largest absolute Gasteiger partial charge is 0.497 e. The smallest absolute Gasteiger partial charge is 0.193 e. The molecule has 0 heterocycles. The Kier molecular flexibility index (Phi) is 9.27. The van der Waals surface area contributed by atoms with Crippen LogP contribution in [0.2, 0.25) is 0 Å². The van der Waals surface area contributed by atoms with Crippen LogP contribution < -0.4 is 25.3 Å². The summed E-state index contributed by atoms with van der Waals surface area (Å²) in [6.45, 7) is 0.881. The minimum atomic E-state index is 0. The Balaban J connectivity index is 0.00000320. The molecule has 0 fully saturated rings. The number of nitrogens with zero attached hydrogens (tertiary/aromatic N) is 1. The van der Waals surface area contributed by atoms with E-state index in [4.69, 9.17) is 19.9 Å². The first-order chi connectivity index (χ1) is 14.2. The maximum absolute atomic E-state index is 6.09. The van der Waals surface area contributed by atoms with Crippen LogP contribution in [0.5, 0.6) is 17.2 Å².